The predicted molar refractivity (Wildman–Crippen MR) is 121 cm³/mol. The Kier molecular flexibility index (Phi) is 7.34. The lowest BCUT2D eigenvalue weighted by Gasteiger charge is -2.08. The van der Waals surface area contributed by atoms with Gasteiger partial charge < -0.3 is 14.6 Å². The highest BCUT2D eigenvalue weighted by Gasteiger charge is 2.17. The van der Waals surface area contributed by atoms with Crippen molar-refractivity contribution in [1.82, 2.24) is 4.98 Å². The minimum atomic E-state index is -1.30. The second-order valence-electron chi connectivity index (χ2n) is 6.19. The van der Waals surface area contributed by atoms with Crippen molar-refractivity contribution in [2.75, 3.05) is 19.5 Å². The van der Waals surface area contributed by atoms with Gasteiger partial charge in [0.15, 0.2) is 16.7 Å². The van der Waals surface area contributed by atoms with Gasteiger partial charge in [0, 0.05) is 22.1 Å². The van der Waals surface area contributed by atoms with Crippen LogP contribution in [0, 0.1) is 5.82 Å². The number of nitrogens with one attached hydrogen (secondary N) is 1. The smallest absolute Gasteiger partial charge is 0.371 e. The molecule has 0 saturated carbocycles. The van der Waals surface area contributed by atoms with Crippen LogP contribution in [0.5, 0.6) is 5.75 Å². The van der Waals surface area contributed by atoms with Crippen molar-refractivity contribution in [3.8, 4) is 17.0 Å². The lowest BCUT2D eigenvalue weighted by molar-refractivity contribution is -0.135. The summed E-state index contributed by atoms with van der Waals surface area (Å²) in [7, 11) is 2.56. The number of methoxy groups -OCH3 is 2. The van der Waals surface area contributed by atoms with Crippen LogP contribution in [0.4, 0.5) is 9.52 Å². The van der Waals surface area contributed by atoms with E-state index >= 15 is 0 Å². The zero-order valence-electron chi connectivity index (χ0n) is 16.6. The van der Waals surface area contributed by atoms with E-state index in [1.54, 1.807) is 17.5 Å². The third-order valence-corrected chi connectivity index (χ3v) is 5.61. The van der Waals surface area contributed by atoms with Crippen LogP contribution in [0.2, 0.25) is 10.0 Å². The fraction of sp³-hybridized carbons (Fsp3) is 0.0952. The first-order valence-electron chi connectivity index (χ1n) is 8.83. The monoisotopic (exact) mass is 496 g/mol. The molecule has 3 aromatic rings. The first-order chi connectivity index (χ1) is 15.2. The van der Waals surface area contributed by atoms with E-state index in [9.17, 15) is 14.0 Å². The molecule has 0 radical (unpaired) electrons. The van der Waals surface area contributed by atoms with E-state index in [1.165, 1.54) is 32.4 Å². The lowest BCUT2D eigenvalue weighted by Crippen LogP contribution is -2.12. The average molecular weight is 497 g/mol. The minimum absolute atomic E-state index is 0.0525. The largest absolute Gasteiger partial charge is 0.494 e. The van der Waals surface area contributed by atoms with Gasteiger partial charge in [0.2, 0.25) is 5.76 Å². The Morgan fingerprint density at radius 1 is 1.22 bits per heavy atom. The number of carbonyl (C=O) groups is 2. The van der Waals surface area contributed by atoms with Crippen molar-refractivity contribution < 1.29 is 28.6 Å². The highest BCUT2D eigenvalue weighted by molar-refractivity contribution is 7.14. The zero-order valence-corrected chi connectivity index (χ0v) is 18.9. The number of hydrogen-bond acceptors (Lipinski definition) is 6. The SMILES string of the molecule is CO/C(=C/c1c(Cl)cc(C(=O)Nc2nc(-c3cccc(OC)c3F)cs2)cc1Cl)C(=O)O. The molecule has 2 aromatic carbocycles. The second kappa shape index (κ2) is 9.99. The predicted octanol–water partition coefficient (Wildman–Crippen LogP) is 5.59. The summed E-state index contributed by atoms with van der Waals surface area (Å²) < 4.78 is 24.2. The van der Waals surface area contributed by atoms with Crippen LogP contribution in [-0.4, -0.2) is 36.2 Å². The number of aliphatic carboxylic acids is 1. The molecule has 0 atom stereocenters. The number of halogens is 3. The van der Waals surface area contributed by atoms with Crippen molar-refractivity contribution in [3.63, 3.8) is 0 Å². The topological polar surface area (TPSA) is 97.8 Å². The molecule has 1 heterocycles. The number of benzene rings is 2. The Morgan fingerprint density at radius 3 is 2.50 bits per heavy atom. The molecule has 3 rings (SSSR count). The van der Waals surface area contributed by atoms with Crippen molar-refractivity contribution in [2.24, 2.45) is 0 Å². The number of anilines is 1. The standard InChI is InChI=1S/C21H15Cl2FN2O5S/c1-30-16-5-3-4-11(18(16)24)15-9-32-21(25-15)26-19(27)10-6-13(22)12(14(23)7-10)8-17(31-2)20(28)29/h3-9H,1-2H3,(H,28,29)(H,25,26,27)/b17-8+. The molecule has 0 saturated heterocycles. The Morgan fingerprint density at radius 2 is 1.91 bits per heavy atom. The normalized spacial score (nSPS) is 11.2. The van der Waals surface area contributed by atoms with E-state index in [1.807, 2.05) is 0 Å². The van der Waals surface area contributed by atoms with Crippen molar-refractivity contribution in [3.05, 3.63) is 68.5 Å². The molecule has 32 heavy (non-hydrogen) atoms. The summed E-state index contributed by atoms with van der Waals surface area (Å²) in [5.41, 5.74) is 0.875. The first kappa shape index (κ1) is 23.5. The van der Waals surface area contributed by atoms with Gasteiger partial charge in [-0.15, -0.1) is 11.3 Å². The van der Waals surface area contributed by atoms with Gasteiger partial charge in [0.1, 0.15) is 0 Å². The summed E-state index contributed by atoms with van der Waals surface area (Å²) in [6.07, 6.45) is 1.16. The number of rotatable bonds is 7. The number of carboxylic acid groups (broad SMARTS) is 1. The van der Waals surface area contributed by atoms with E-state index in [0.29, 0.717) is 5.69 Å². The number of ether oxygens (including phenoxy) is 2. The molecule has 0 unspecified atom stereocenters. The third-order valence-electron chi connectivity index (χ3n) is 4.23. The van der Waals surface area contributed by atoms with Crippen LogP contribution >= 0.6 is 34.5 Å². The molecule has 1 amide bonds. The zero-order chi connectivity index (χ0) is 23.4. The Bertz CT molecular complexity index is 1210. The molecule has 0 bridgehead atoms. The quantitative estimate of drug-likeness (QED) is 0.326. The maximum absolute atomic E-state index is 14.5. The van der Waals surface area contributed by atoms with Crippen molar-refractivity contribution in [2.45, 2.75) is 0 Å². The van der Waals surface area contributed by atoms with E-state index < -0.39 is 17.7 Å². The van der Waals surface area contributed by atoms with E-state index in [-0.39, 0.29) is 43.4 Å². The molecule has 1 aromatic heterocycles. The van der Waals surface area contributed by atoms with Crippen molar-refractivity contribution >= 4 is 57.6 Å². The van der Waals surface area contributed by atoms with Crippen LogP contribution in [0.15, 0.2) is 41.5 Å². The molecule has 11 heteroatoms. The first-order valence-corrected chi connectivity index (χ1v) is 10.5. The van der Waals surface area contributed by atoms with Crippen molar-refractivity contribution in [1.29, 1.82) is 0 Å². The fourth-order valence-electron chi connectivity index (χ4n) is 2.68. The second-order valence-corrected chi connectivity index (χ2v) is 7.86. The molecular weight excluding hydrogens is 482 g/mol. The Labute approximate surface area is 196 Å². The van der Waals surface area contributed by atoms with E-state index in [4.69, 9.17) is 37.8 Å². The number of nitrogens with zero attached hydrogens (tertiary/aromatic N) is 1. The van der Waals surface area contributed by atoms with E-state index in [0.717, 1.165) is 17.4 Å². The summed E-state index contributed by atoms with van der Waals surface area (Å²) in [4.78, 5) is 28.0. The number of amides is 1. The number of hydrogen-bond donors (Lipinski definition) is 2. The maximum atomic E-state index is 14.5. The molecule has 2 N–H and O–H groups in total. The number of carboxylic acids is 1. The van der Waals surface area contributed by atoms with Crippen LogP contribution in [0.3, 0.4) is 0 Å². The van der Waals surface area contributed by atoms with Gasteiger partial charge in [-0.25, -0.2) is 14.2 Å². The van der Waals surface area contributed by atoms with Crippen LogP contribution in [0.25, 0.3) is 17.3 Å². The molecule has 0 fully saturated rings. The molecule has 0 aliphatic carbocycles. The number of aromatic nitrogens is 1. The number of carbonyl (C=O) groups excluding carboxylic acids is 1. The molecule has 166 valence electrons. The fourth-order valence-corrected chi connectivity index (χ4v) is 3.98. The average Bonchev–Trinajstić information content (AvgIpc) is 3.21. The van der Waals surface area contributed by atoms with Gasteiger partial charge in [-0.1, -0.05) is 29.3 Å². The summed E-state index contributed by atoms with van der Waals surface area (Å²) in [5, 5.41) is 13.6. The molecular formula is C21H15Cl2FN2O5S. The Balaban J connectivity index is 1.84. The summed E-state index contributed by atoms with van der Waals surface area (Å²) in [6.45, 7) is 0. The number of thiazole rings is 1. The lowest BCUT2D eigenvalue weighted by atomic mass is 10.1. The van der Waals surface area contributed by atoms with Crippen LogP contribution in [-0.2, 0) is 9.53 Å². The van der Waals surface area contributed by atoms with Gasteiger partial charge in [-0.2, -0.15) is 0 Å². The van der Waals surface area contributed by atoms with E-state index in [2.05, 4.69) is 10.3 Å². The molecule has 0 spiro atoms. The summed E-state index contributed by atoms with van der Waals surface area (Å²) in [6, 6.07) is 7.34. The highest BCUT2D eigenvalue weighted by atomic mass is 35.5. The van der Waals surface area contributed by atoms with Gasteiger partial charge in [0.05, 0.1) is 30.0 Å². The molecule has 7 nitrogen and oxygen atoms in total. The summed E-state index contributed by atoms with van der Waals surface area (Å²) in [5.74, 6) is -2.70. The van der Waals surface area contributed by atoms with Gasteiger partial charge in [-0.3, -0.25) is 10.1 Å². The third kappa shape index (κ3) is 5.01. The maximum Gasteiger partial charge on any atom is 0.371 e. The van der Waals surface area contributed by atoms with Crippen LogP contribution < -0.4 is 10.1 Å². The Hall–Kier alpha value is -3.14. The molecule has 0 aliphatic heterocycles. The molecule has 0 aliphatic rings. The highest BCUT2D eigenvalue weighted by Crippen LogP contribution is 2.32. The van der Waals surface area contributed by atoms with Gasteiger partial charge in [-0.05, 0) is 30.3 Å². The minimum Gasteiger partial charge on any atom is -0.494 e. The van der Waals surface area contributed by atoms with Gasteiger partial charge in [0.25, 0.3) is 5.91 Å². The van der Waals surface area contributed by atoms with Gasteiger partial charge >= 0.3 is 5.97 Å². The summed E-state index contributed by atoms with van der Waals surface area (Å²) >= 11 is 13.5. The van der Waals surface area contributed by atoms with Crippen LogP contribution in [0.1, 0.15) is 15.9 Å².